The average Bonchev–Trinajstić information content (AvgIpc) is 2.88. The lowest BCUT2D eigenvalue weighted by Gasteiger charge is -2.05. The van der Waals surface area contributed by atoms with E-state index in [1.54, 1.807) is 6.07 Å². The van der Waals surface area contributed by atoms with Crippen LogP contribution in [-0.2, 0) is 6.42 Å². The minimum atomic E-state index is -0.355. The van der Waals surface area contributed by atoms with Gasteiger partial charge in [-0.2, -0.15) is 4.98 Å². The van der Waals surface area contributed by atoms with Crippen molar-refractivity contribution >= 4 is 11.6 Å². The monoisotopic (exact) mass is 297 g/mol. The van der Waals surface area contributed by atoms with E-state index >= 15 is 0 Å². The summed E-state index contributed by atoms with van der Waals surface area (Å²) in [6.07, 6.45) is 0.427. The van der Waals surface area contributed by atoms with Crippen molar-refractivity contribution in [2.45, 2.75) is 26.2 Å². The van der Waals surface area contributed by atoms with Gasteiger partial charge in [-0.25, -0.2) is 4.39 Å². The third kappa shape index (κ3) is 3.77. The standard InChI is InChI=1S/C14H17ClFN3O/c1-3-17-8-9(2)14-18-13(19-20-14)6-10-4-5-11(16)7-12(10)15/h4-5,7,9,17H,3,6,8H2,1-2H3. The molecular weight excluding hydrogens is 281 g/mol. The summed E-state index contributed by atoms with van der Waals surface area (Å²) in [5, 5.41) is 7.54. The minimum absolute atomic E-state index is 0.153. The second-order valence-electron chi connectivity index (χ2n) is 4.67. The SMILES string of the molecule is CCNCC(C)c1nc(Cc2ccc(F)cc2Cl)no1. The molecule has 1 N–H and O–H groups in total. The first kappa shape index (κ1) is 14.9. The number of hydrogen-bond donors (Lipinski definition) is 1. The molecule has 0 saturated carbocycles. The van der Waals surface area contributed by atoms with Crippen LogP contribution < -0.4 is 5.32 Å². The summed E-state index contributed by atoms with van der Waals surface area (Å²) < 4.78 is 18.2. The third-order valence-electron chi connectivity index (χ3n) is 2.97. The van der Waals surface area contributed by atoms with Crippen LogP contribution in [0.1, 0.15) is 37.0 Å². The molecule has 0 radical (unpaired) electrons. The van der Waals surface area contributed by atoms with E-state index in [4.69, 9.17) is 16.1 Å². The quantitative estimate of drug-likeness (QED) is 0.890. The fourth-order valence-corrected chi connectivity index (χ4v) is 2.06. The Morgan fingerprint density at radius 1 is 1.45 bits per heavy atom. The molecule has 1 heterocycles. The van der Waals surface area contributed by atoms with Gasteiger partial charge in [0.05, 0.1) is 0 Å². The van der Waals surface area contributed by atoms with Crippen LogP contribution in [0.3, 0.4) is 0 Å². The van der Waals surface area contributed by atoms with Crippen LogP contribution in [0.15, 0.2) is 22.7 Å². The van der Waals surface area contributed by atoms with Crippen molar-refractivity contribution in [2.24, 2.45) is 0 Å². The molecule has 0 saturated heterocycles. The summed E-state index contributed by atoms with van der Waals surface area (Å²) in [5.74, 6) is 0.947. The number of likely N-dealkylation sites (N-methyl/N-ethyl adjacent to an activating group) is 1. The van der Waals surface area contributed by atoms with E-state index in [0.29, 0.717) is 23.2 Å². The summed E-state index contributed by atoms with van der Waals surface area (Å²) in [6.45, 7) is 5.75. The van der Waals surface area contributed by atoms with E-state index in [0.717, 1.165) is 18.7 Å². The van der Waals surface area contributed by atoms with Gasteiger partial charge < -0.3 is 9.84 Å². The van der Waals surface area contributed by atoms with Crippen LogP contribution in [0.2, 0.25) is 5.02 Å². The maximum absolute atomic E-state index is 13.0. The highest BCUT2D eigenvalue weighted by molar-refractivity contribution is 6.31. The second kappa shape index (κ2) is 6.81. The van der Waals surface area contributed by atoms with E-state index in [1.165, 1.54) is 12.1 Å². The minimum Gasteiger partial charge on any atom is -0.339 e. The fourth-order valence-electron chi connectivity index (χ4n) is 1.82. The molecule has 1 aromatic carbocycles. The first-order valence-electron chi connectivity index (χ1n) is 6.57. The molecule has 0 aliphatic carbocycles. The van der Waals surface area contributed by atoms with Crippen LogP contribution in [0.4, 0.5) is 4.39 Å². The third-order valence-corrected chi connectivity index (χ3v) is 3.32. The van der Waals surface area contributed by atoms with E-state index in [2.05, 4.69) is 15.5 Å². The zero-order chi connectivity index (χ0) is 14.5. The Bertz CT molecular complexity index is 573. The van der Waals surface area contributed by atoms with Gasteiger partial charge in [-0.05, 0) is 24.2 Å². The second-order valence-corrected chi connectivity index (χ2v) is 5.08. The lowest BCUT2D eigenvalue weighted by Crippen LogP contribution is -2.19. The van der Waals surface area contributed by atoms with Crippen LogP contribution in [-0.4, -0.2) is 23.2 Å². The molecule has 1 unspecified atom stereocenters. The molecule has 1 aromatic heterocycles. The molecule has 2 rings (SSSR count). The van der Waals surface area contributed by atoms with Crippen LogP contribution in [0.5, 0.6) is 0 Å². The van der Waals surface area contributed by atoms with E-state index in [9.17, 15) is 4.39 Å². The molecule has 0 amide bonds. The summed E-state index contributed by atoms with van der Waals surface area (Å²) in [7, 11) is 0. The van der Waals surface area contributed by atoms with Crippen molar-refractivity contribution in [2.75, 3.05) is 13.1 Å². The molecule has 0 aliphatic heterocycles. The highest BCUT2D eigenvalue weighted by atomic mass is 35.5. The Labute approximate surface area is 122 Å². The Kier molecular flexibility index (Phi) is 5.09. The topological polar surface area (TPSA) is 51.0 Å². The van der Waals surface area contributed by atoms with Gasteiger partial charge in [0.2, 0.25) is 5.89 Å². The van der Waals surface area contributed by atoms with E-state index < -0.39 is 0 Å². The van der Waals surface area contributed by atoms with Gasteiger partial charge in [-0.1, -0.05) is 36.7 Å². The summed E-state index contributed by atoms with van der Waals surface area (Å²) in [4.78, 5) is 4.35. The smallest absolute Gasteiger partial charge is 0.230 e. The lowest BCUT2D eigenvalue weighted by molar-refractivity contribution is 0.352. The summed E-state index contributed by atoms with van der Waals surface area (Å²) in [6, 6.07) is 4.29. The molecule has 1 atom stereocenters. The van der Waals surface area contributed by atoms with E-state index in [1.807, 2.05) is 13.8 Å². The Balaban J connectivity index is 2.05. The fraction of sp³-hybridized carbons (Fsp3) is 0.429. The highest BCUT2D eigenvalue weighted by Crippen LogP contribution is 2.20. The summed E-state index contributed by atoms with van der Waals surface area (Å²) in [5.41, 5.74) is 0.778. The number of nitrogens with one attached hydrogen (secondary N) is 1. The number of nitrogens with zero attached hydrogens (tertiary/aromatic N) is 2. The molecule has 0 spiro atoms. The molecule has 4 nitrogen and oxygen atoms in total. The van der Waals surface area contributed by atoms with Crippen molar-refractivity contribution in [3.8, 4) is 0 Å². The molecule has 108 valence electrons. The van der Waals surface area contributed by atoms with Crippen LogP contribution in [0.25, 0.3) is 0 Å². The van der Waals surface area contributed by atoms with Crippen molar-refractivity contribution in [1.82, 2.24) is 15.5 Å². The molecule has 6 heteroatoms. The normalized spacial score (nSPS) is 12.6. The first-order valence-corrected chi connectivity index (χ1v) is 6.95. The van der Waals surface area contributed by atoms with Gasteiger partial charge in [-0.3, -0.25) is 0 Å². The van der Waals surface area contributed by atoms with Gasteiger partial charge in [0.15, 0.2) is 5.82 Å². The predicted molar refractivity (Wildman–Crippen MR) is 75.5 cm³/mol. The van der Waals surface area contributed by atoms with Crippen LogP contribution in [0, 0.1) is 5.82 Å². The summed E-state index contributed by atoms with van der Waals surface area (Å²) >= 11 is 5.98. The van der Waals surface area contributed by atoms with Gasteiger partial charge in [0, 0.05) is 23.9 Å². The zero-order valence-corrected chi connectivity index (χ0v) is 12.2. The molecule has 20 heavy (non-hydrogen) atoms. The maximum Gasteiger partial charge on any atom is 0.230 e. The molecule has 0 bridgehead atoms. The van der Waals surface area contributed by atoms with Gasteiger partial charge in [-0.15, -0.1) is 0 Å². The Hall–Kier alpha value is -1.46. The number of rotatable bonds is 6. The Morgan fingerprint density at radius 2 is 2.25 bits per heavy atom. The molecule has 0 fully saturated rings. The van der Waals surface area contributed by atoms with Crippen molar-refractivity contribution in [3.05, 3.63) is 46.3 Å². The average molecular weight is 298 g/mol. The number of benzene rings is 1. The van der Waals surface area contributed by atoms with Crippen molar-refractivity contribution in [3.63, 3.8) is 0 Å². The van der Waals surface area contributed by atoms with E-state index in [-0.39, 0.29) is 11.7 Å². The first-order chi connectivity index (χ1) is 9.60. The van der Waals surface area contributed by atoms with Crippen molar-refractivity contribution in [1.29, 1.82) is 0 Å². The number of hydrogen-bond acceptors (Lipinski definition) is 4. The number of aromatic nitrogens is 2. The lowest BCUT2D eigenvalue weighted by atomic mass is 10.1. The molecular formula is C14H17ClFN3O. The molecule has 2 aromatic rings. The highest BCUT2D eigenvalue weighted by Gasteiger charge is 2.15. The van der Waals surface area contributed by atoms with Crippen molar-refractivity contribution < 1.29 is 8.91 Å². The maximum atomic E-state index is 13.0. The predicted octanol–water partition coefficient (Wildman–Crippen LogP) is 3.17. The molecule has 0 aliphatic rings. The Morgan fingerprint density at radius 3 is 2.95 bits per heavy atom. The zero-order valence-electron chi connectivity index (χ0n) is 11.5. The number of halogens is 2. The largest absolute Gasteiger partial charge is 0.339 e. The van der Waals surface area contributed by atoms with Crippen LogP contribution >= 0.6 is 11.6 Å². The van der Waals surface area contributed by atoms with Gasteiger partial charge >= 0.3 is 0 Å². The van der Waals surface area contributed by atoms with Gasteiger partial charge in [0.1, 0.15) is 5.82 Å². The van der Waals surface area contributed by atoms with Gasteiger partial charge in [0.25, 0.3) is 0 Å².